The van der Waals surface area contributed by atoms with Gasteiger partial charge in [0.05, 0.1) is 24.4 Å². The molecule has 0 saturated carbocycles. The highest BCUT2D eigenvalue weighted by molar-refractivity contribution is 7.17. The Kier molecular flexibility index (Phi) is 6.25. The van der Waals surface area contributed by atoms with E-state index in [1.807, 2.05) is 0 Å². The Balaban J connectivity index is 1.94. The number of anilines is 1. The van der Waals surface area contributed by atoms with Crippen molar-refractivity contribution in [1.82, 2.24) is 4.98 Å². The summed E-state index contributed by atoms with van der Waals surface area (Å²) in [5.74, 6) is -2.74. The number of halogens is 2. The zero-order valence-corrected chi connectivity index (χ0v) is 19.7. The van der Waals surface area contributed by atoms with E-state index < -0.39 is 23.7 Å². The van der Waals surface area contributed by atoms with Crippen LogP contribution in [0.15, 0.2) is 54.1 Å². The molecule has 1 fully saturated rings. The molecule has 7 nitrogen and oxygen atoms in total. The van der Waals surface area contributed by atoms with Crippen molar-refractivity contribution in [2.75, 3.05) is 12.0 Å². The highest BCUT2D eigenvalue weighted by Crippen LogP contribution is 2.44. The Morgan fingerprint density at radius 3 is 2.45 bits per heavy atom. The van der Waals surface area contributed by atoms with Gasteiger partial charge in [-0.25, -0.2) is 9.78 Å². The number of hydrogen-bond donors (Lipinski definition) is 1. The first-order chi connectivity index (χ1) is 15.7. The van der Waals surface area contributed by atoms with E-state index in [1.165, 1.54) is 12.0 Å². The Hall–Kier alpha value is -3.20. The maximum absolute atomic E-state index is 13.2. The van der Waals surface area contributed by atoms with E-state index in [4.69, 9.17) is 27.9 Å². The van der Waals surface area contributed by atoms with Crippen LogP contribution < -0.4 is 4.90 Å². The molecule has 1 saturated heterocycles. The molecule has 0 bridgehead atoms. The second-order valence-electron chi connectivity index (χ2n) is 7.13. The van der Waals surface area contributed by atoms with Crippen LogP contribution in [-0.4, -0.2) is 34.9 Å². The van der Waals surface area contributed by atoms with E-state index in [1.54, 1.807) is 55.5 Å². The number of esters is 1. The van der Waals surface area contributed by atoms with Crippen LogP contribution in [0.3, 0.4) is 0 Å². The summed E-state index contributed by atoms with van der Waals surface area (Å²) in [5, 5.41) is 12.0. The van der Waals surface area contributed by atoms with Gasteiger partial charge in [0.1, 0.15) is 10.6 Å². The van der Waals surface area contributed by atoms with Crippen molar-refractivity contribution >= 4 is 63.1 Å². The van der Waals surface area contributed by atoms with Crippen molar-refractivity contribution in [2.45, 2.75) is 13.0 Å². The topological polar surface area (TPSA) is 96.8 Å². The second kappa shape index (κ2) is 8.97. The van der Waals surface area contributed by atoms with Crippen LogP contribution >= 0.6 is 34.5 Å². The van der Waals surface area contributed by atoms with Crippen LogP contribution in [0.1, 0.15) is 32.5 Å². The number of carbonyl (C=O) groups excluding carboxylic acids is 3. The first-order valence-electron chi connectivity index (χ1n) is 9.61. The third kappa shape index (κ3) is 4.13. The minimum atomic E-state index is -1.02. The Morgan fingerprint density at radius 1 is 1.12 bits per heavy atom. The third-order valence-electron chi connectivity index (χ3n) is 5.09. The van der Waals surface area contributed by atoms with Gasteiger partial charge >= 0.3 is 11.9 Å². The molecule has 1 N–H and O–H groups in total. The summed E-state index contributed by atoms with van der Waals surface area (Å²) in [6.07, 6.45) is 0. The highest BCUT2D eigenvalue weighted by Gasteiger charge is 2.48. The van der Waals surface area contributed by atoms with Crippen molar-refractivity contribution < 1.29 is 24.2 Å². The molecule has 0 unspecified atom stereocenters. The van der Waals surface area contributed by atoms with Gasteiger partial charge in [-0.15, -0.1) is 0 Å². The van der Waals surface area contributed by atoms with Gasteiger partial charge in [-0.05, 0) is 48.9 Å². The van der Waals surface area contributed by atoms with Gasteiger partial charge < -0.3 is 9.84 Å². The summed E-state index contributed by atoms with van der Waals surface area (Å²) in [6.45, 7) is 1.60. The van der Waals surface area contributed by atoms with Gasteiger partial charge in [-0.2, -0.15) is 0 Å². The van der Waals surface area contributed by atoms with E-state index in [2.05, 4.69) is 4.98 Å². The minimum absolute atomic E-state index is 0.120. The molecule has 0 radical (unpaired) electrons. The SMILES string of the molecule is COC(=O)c1sc(N2C(=O)C(=O)/C(=C(/O)c3ccc(Cl)cc3)[C@@H]2c2cccc(Cl)c2)nc1C. The number of aryl methyl sites for hydroxylation is 1. The molecule has 3 aromatic rings. The largest absolute Gasteiger partial charge is 0.507 e. The monoisotopic (exact) mass is 502 g/mol. The predicted molar refractivity (Wildman–Crippen MR) is 126 cm³/mol. The lowest BCUT2D eigenvalue weighted by Crippen LogP contribution is -2.29. The average Bonchev–Trinajstić information content (AvgIpc) is 3.30. The average molecular weight is 503 g/mol. The van der Waals surface area contributed by atoms with Gasteiger partial charge in [-0.1, -0.05) is 46.7 Å². The van der Waals surface area contributed by atoms with Gasteiger partial charge in [0.25, 0.3) is 5.78 Å². The summed E-state index contributed by atoms with van der Waals surface area (Å²) >= 11 is 13.0. The smallest absolute Gasteiger partial charge is 0.350 e. The number of amides is 1. The molecule has 168 valence electrons. The van der Waals surface area contributed by atoms with E-state index in [0.29, 0.717) is 26.9 Å². The Bertz CT molecular complexity index is 1320. The quantitative estimate of drug-likeness (QED) is 0.228. The Labute approximate surface area is 202 Å². The van der Waals surface area contributed by atoms with Crippen LogP contribution in [0.25, 0.3) is 5.76 Å². The zero-order chi connectivity index (χ0) is 23.9. The highest BCUT2D eigenvalue weighted by atomic mass is 35.5. The summed E-state index contributed by atoms with van der Waals surface area (Å²) in [5.41, 5.74) is 1.03. The number of carbonyl (C=O) groups is 3. The Morgan fingerprint density at radius 2 is 1.82 bits per heavy atom. The molecule has 2 heterocycles. The number of ketones is 1. The maximum atomic E-state index is 13.2. The normalized spacial score (nSPS) is 17.5. The summed E-state index contributed by atoms with van der Waals surface area (Å²) < 4.78 is 4.78. The number of aliphatic hydroxyl groups excluding tert-OH is 1. The van der Waals surface area contributed by atoms with E-state index in [0.717, 1.165) is 11.3 Å². The molecular formula is C23H16Cl2N2O5S. The number of benzene rings is 2. The zero-order valence-electron chi connectivity index (χ0n) is 17.3. The fraction of sp³-hybridized carbons (Fsp3) is 0.130. The molecular weight excluding hydrogens is 487 g/mol. The number of Topliss-reactive ketones (excluding diaryl/α,β-unsaturated/α-hetero) is 1. The van der Waals surface area contributed by atoms with Gasteiger partial charge in [0.2, 0.25) is 0 Å². The minimum Gasteiger partial charge on any atom is -0.507 e. The number of nitrogens with zero attached hydrogens (tertiary/aromatic N) is 2. The number of ether oxygens (including phenoxy) is 1. The number of methoxy groups -OCH3 is 1. The number of rotatable bonds is 4. The molecule has 2 aromatic carbocycles. The molecule has 10 heteroatoms. The van der Waals surface area contributed by atoms with Crippen molar-refractivity contribution in [3.05, 3.63) is 85.8 Å². The number of aromatic nitrogens is 1. The predicted octanol–water partition coefficient (Wildman–Crippen LogP) is 5.17. The standard InChI is InChI=1S/C23H16Cl2N2O5S/c1-11-20(22(31)32-2)33-23(26-11)27-17(13-4-3-5-15(25)10-13)16(19(29)21(27)30)18(28)12-6-8-14(24)9-7-12/h3-10,17,28H,1-2H3/b18-16+/t17-/m0/s1. The second-order valence-corrected chi connectivity index (χ2v) is 8.98. The van der Waals surface area contributed by atoms with Gasteiger partial charge in [0, 0.05) is 15.6 Å². The first-order valence-corrected chi connectivity index (χ1v) is 11.2. The van der Waals surface area contributed by atoms with Crippen molar-refractivity contribution in [2.24, 2.45) is 0 Å². The lowest BCUT2D eigenvalue weighted by molar-refractivity contribution is -0.132. The third-order valence-corrected chi connectivity index (χ3v) is 6.71. The van der Waals surface area contributed by atoms with Crippen LogP contribution in [0.4, 0.5) is 5.13 Å². The fourth-order valence-corrected chi connectivity index (χ4v) is 4.89. The van der Waals surface area contributed by atoms with Gasteiger partial charge in [0.15, 0.2) is 5.13 Å². The number of thiazole rings is 1. The van der Waals surface area contributed by atoms with E-state index >= 15 is 0 Å². The molecule has 0 spiro atoms. The van der Waals surface area contributed by atoms with Crippen molar-refractivity contribution in [1.29, 1.82) is 0 Å². The lowest BCUT2D eigenvalue weighted by Gasteiger charge is -2.23. The molecule has 1 atom stereocenters. The first kappa shape index (κ1) is 23.0. The molecule has 4 rings (SSSR count). The van der Waals surface area contributed by atoms with Crippen LogP contribution in [-0.2, 0) is 14.3 Å². The molecule has 1 aromatic heterocycles. The van der Waals surface area contributed by atoms with Crippen LogP contribution in [0, 0.1) is 6.92 Å². The van der Waals surface area contributed by atoms with Gasteiger partial charge in [-0.3, -0.25) is 14.5 Å². The lowest BCUT2D eigenvalue weighted by atomic mass is 9.95. The van der Waals surface area contributed by atoms with Crippen LogP contribution in [0.2, 0.25) is 10.0 Å². The molecule has 33 heavy (non-hydrogen) atoms. The fourth-order valence-electron chi connectivity index (χ4n) is 3.55. The molecule has 1 amide bonds. The molecule has 1 aliphatic rings. The molecule has 0 aliphatic carbocycles. The maximum Gasteiger partial charge on any atom is 0.350 e. The van der Waals surface area contributed by atoms with Crippen molar-refractivity contribution in [3.63, 3.8) is 0 Å². The van der Waals surface area contributed by atoms with Crippen LogP contribution in [0.5, 0.6) is 0 Å². The summed E-state index contributed by atoms with van der Waals surface area (Å²) in [4.78, 5) is 44.1. The molecule has 1 aliphatic heterocycles. The van der Waals surface area contributed by atoms with E-state index in [-0.39, 0.29) is 21.3 Å². The number of aliphatic hydroxyl groups is 1. The summed E-state index contributed by atoms with van der Waals surface area (Å²) in [6, 6.07) is 11.8. The van der Waals surface area contributed by atoms with Crippen molar-refractivity contribution in [3.8, 4) is 0 Å². The number of hydrogen-bond acceptors (Lipinski definition) is 7. The summed E-state index contributed by atoms with van der Waals surface area (Å²) in [7, 11) is 1.24. The van der Waals surface area contributed by atoms with E-state index in [9.17, 15) is 19.5 Å².